The van der Waals surface area contributed by atoms with E-state index >= 15 is 0 Å². The van der Waals surface area contributed by atoms with Crippen LogP contribution >= 0.6 is 0 Å². The fraction of sp³-hybridized carbons (Fsp3) is 0.500. The molecule has 2 aromatic rings. The third kappa shape index (κ3) is 6.96. The number of aliphatic hydroxyl groups is 6. The normalized spacial score (nSPS) is 17.8. The molecule has 0 radical (unpaired) electrons. The van der Waals surface area contributed by atoms with Crippen LogP contribution in [0.5, 0.6) is 0 Å². The maximum absolute atomic E-state index is 14.3. The van der Waals surface area contributed by atoms with E-state index in [1.807, 2.05) is 0 Å². The first-order valence-corrected chi connectivity index (χ1v) is 11.1. The molecular weight excluding hydrogens is 498 g/mol. The van der Waals surface area contributed by atoms with Gasteiger partial charge in [0.1, 0.15) is 24.4 Å². The van der Waals surface area contributed by atoms with Gasteiger partial charge >= 0.3 is 0 Å². The summed E-state index contributed by atoms with van der Waals surface area (Å²) in [5, 5.41) is 59.5. The molecule has 0 amide bonds. The lowest BCUT2D eigenvalue weighted by Gasteiger charge is -2.34. The van der Waals surface area contributed by atoms with Gasteiger partial charge in [-0.05, 0) is 54.4 Å². The van der Waals surface area contributed by atoms with E-state index in [1.54, 1.807) is 0 Å². The Morgan fingerprint density at radius 2 is 1.06 bits per heavy atom. The molecule has 202 valence electrons. The van der Waals surface area contributed by atoms with Crippen molar-refractivity contribution in [2.24, 2.45) is 11.8 Å². The SMILES string of the molecule is CC(Cc1ccc(F)c(F)c1F)CC(Cc1ccc(F)c(F)c1F)C(O)[C@@H](O)[C@@H](O)[C@H](O)[C@@H](O)CO. The van der Waals surface area contributed by atoms with Gasteiger partial charge in [-0.15, -0.1) is 0 Å². The van der Waals surface area contributed by atoms with Crippen molar-refractivity contribution in [3.05, 3.63) is 70.3 Å². The third-order valence-corrected chi connectivity index (χ3v) is 6.10. The van der Waals surface area contributed by atoms with Crippen LogP contribution in [0.3, 0.4) is 0 Å². The lowest BCUT2D eigenvalue weighted by atomic mass is 9.80. The van der Waals surface area contributed by atoms with Gasteiger partial charge in [-0.2, -0.15) is 0 Å². The number of hydrogen-bond acceptors (Lipinski definition) is 6. The molecule has 3 unspecified atom stereocenters. The Balaban J connectivity index is 2.32. The smallest absolute Gasteiger partial charge is 0.194 e. The van der Waals surface area contributed by atoms with Gasteiger partial charge in [-0.25, -0.2) is 26.3 Å². The maximum atomic E-state index is 14.3. The first-order valence-electron chi connectivity index (χ1n) is 11.1. The van der Waals surface area contributed by atoms with Gasteiger partial charge in [0, 0.05) is 0 Å². The van der Waals surface area contributed by atoms with Crippen LogP contribution in [-0.2, 0) is 12.8 Å². The predicted molar refractivity (Wildman–Crippen MR) is 114 cm³/mol. The van der Waals surface area contributed by atoms with Crippen LogP contribution in [0.2, 0.25) is 0 Å². The van der Waals surface area contributed by atoms with Gasteiger partial charge in [0.25, 0.3) is 0 Å². The Bertz CT molecular complexity index is 1030. The number of hydrogen-bond donors (Lipinski definition) is 6. The summed E-state index contributed by atoms with van der Waals surface area (Å²) in [6.07, 6.45) is -11.2. The summed E-state index contributed by atoms with van der Waals surface area (Å²) in [6.45, 7) is 0.524. The molecule has 36 heavy (non-hydrogen) atoms. The summed E-state index contributed by atoms with van der Waals surface area (Å²) < 4.78 is 82.3. The van der Waals surface area contributed by atoms with E-state index < -0.39 is 95.9 Å². The quantitative estimate of drug-likeness (QED) is 0.185. The van der Waals surface area contributed by atoms with Gasteiger partial charge in [-0.3, -0.25) is 0 Å². The standard InChI is InChI=1S/C24H28F6O6/c1-10(6-11-2-4-14(25)19(29)17(11)27)7-13(8-12-3-5-15(26)20(30)18(12)28)21(33)23(35)24(36)22(34)16(32)9-31/h2-5,10,13,16,21-24,31-36H,6-9H2,1H3/t10?,13?,16-,21?,22+,23+,24-/m0/s1. The lowest BCUT2D eigenvalue weighted by molar-refractivity contribution is -0.149. The minimum absolute atomic E-state index is 0.180. The second-order valence-electron chi connectivity index (χ2n) is 8.89. The Morgan fingerprint density at radius 1 is 0.611 bits per heavy atom. The van der Waals surface area contributed by atoms with Crippen molar-refractivity contribution >= 4 is 0 Å². The third-order valence-electron chi connectivity index (χ3n) is 6.10. The highest BCUT2D eigenvalue weighted by Gasteiger charge is 2.38. The highest BCUT2D eigenvalue weighted by Crippen LogP contribution is 2.29. The molecule has 0 aromatic heterocycles. The Morgan fingerprint density at radius 3 is 1.53 bits per heavy atom. The summed E-state index contributed by atoms with van der Waals surface area (Å²) in [7, 11) is 0. The van der Waals surface area contributed by atoms with E-state index in [2.05, 4.69) is 0 Å². The van der Waals surface area contributed by atoms with Gasteiger partial charge in [0.15, 0.2) is 34.9 Å². The molecular formula is C24H28F6O6. The van der Waals surface area contributed by atoms with E-state index in [4.69, 9.17) is 5.11 Å². The number of rotatable bonds is 12. The molecule has 2 rings (SSSR count). The molecule has 0 aliphatic heterocycles. The molecule has 0 spiro atoms. The molecule has 0 bridgehead atoms. The van der Waals surface area contributed by atoms with E-state index in [0.717, 1.165) is 18.2 Å². The predicted octanol–water partition coefficient (Wildman–Crippen LogP) is 1.75. The summed E-state index contributed by atoms with van der Waals surface area (Å²) in [5.41, 5.74) is -0.613. The summed E-state index contributed by atoms with van der Waals surface area (Å²) in [5.74, 6) is -11.2. The summed E-state index contributed by atoms with van der Waals surface area (Å²) >= 11 is 0. The second kappa shape index (κ2) is 12.8. The zero-order valence-electron chi connectivity index (χ0n) is 19.1. The zero-order valence-corrected chi connectivity index (χ0v) is 19.1. The van der Waals surface area contributed by atoms with E-state index in [-0.39, 0.29) is 18.4 Å². The summed E-state index contributed by atoms with van der Waals surface area (Å²) in [4.78, 5) is 0. The molecule has 2 aromatic carbocycles. The topological polar surface area (TPSA) is 121 Å². The van der Waals surface area contributed by atoms with Crippen molar-refractivity contribution < 1.29 is 57.0 Å². The lowest BCUT2D eigenvalue weighted by Crippen LogP contribution is -2.52. The number of aliphatic hydroxyl groups excluding tert-OH is 6. The van der Waals surface area contributed by atoms with Crippen molar-refractivity contribution in [1.29, 1.82) is 0 Å². The Labute approximate surface area is 203 Å². The van der Waals surface area contributed by atoms with Crippen LogP contribution in [0.15, 0.2) is 24.3 Å². The Hall–Kier alpha value is -2.22. The van der Waals surface area contributed by atoms with Crippen molar-refractivity contribution in [1.82, 2.24) is 0 Å². The zero-order chi connectivity index (χ0) is 27.3. The van der Waals surface area contributed by atoms with Crippen LogP contribution in [0.1, 0.15) is 24.5 Å². The molecule has 0 aliphatic carbocycles. The Kier molecular flexibility index (Phi) is 10.7. The fourth-order valence-corrected chi connectivity index (χ4v) is 4.07. The molecule has 0 fully saturated rings. The van der Waals surface area contributed by atoms with Gasteiger partial charge < -0.3 is 30.6 Å². The van der Waals surface area contributed by atoms with Crippen LogP contribution in [0.4, 0.5) is 26.3 Å². The van der Waals surface area contributed by atoms with Crippen LogP contribution in [0.25, 0.3) is 0 Å². The maximum Gasteiger partial charge on any atom is 0.194 e. The van der Waals surface area contributed by atoms with E-state index in [9.17, 15) is 51.9 Å². The second-order valence-corrected chi connectivity index (χ2v) is 8.89. The minimum Gasteiger partial charge on any atom is -0.394 e. The first-order chi connectivity index (χ1) is 16.8. The van der Waals surface area contributed by atoms with Crippen LogP contribution in [-0.4, -0.2) is 67.8 Å². The summed E-state index contributed by atoms with van der Waals surface area (Å²) in [6, 6.07) is 3.28. The van der Waals surface area contributed by atoms with Crippen molar-refractivity contribution in [3.8, 4) is 0 Å². The highest BCUT2D eigenvalue weighted by atomic mass is 19.2. The largest absolute Gasteiger partial charge is 0.394 e. The molecule has 7 atom stereocenters. The first kappa shape index (κ1) is 30.0. The highest BCUT2D eigenvalue weighted by molar-refractivity contribution is 5.22. The van der Waals surface area contributed by atoms with Crippen LogP contribution in [0, 0.1) is 46.7 Å². The van der Waals surface area contributed by atoms with Crippen LogP contribution < -0.4 is 0 Å². The van der Waals surface area contributed by atoms with Crippen molar-refractivity contribution in [2.45, 2.75) is 56.7 Å². The molecule has 0 saturated carbocycles. The van der Waals surface area contributed by atoms with Gasteiger partial charge in [-0.1, -0.05) is 19.1 Å². The van der Waals surface area contributed by atoms with E-state index in [0.29, 0.717) is 6.07 Å². The average molecular weight is 526 g/mol. The minimum atomic E-state index is -2.18. The van der Waals surface area contributed by atoms with Gasteiger partial charge in [0.2, 0.25) is 0 Å². The monoisotopic (exact) mass is 526 g/mol. The number of benzene rings is 2. The molecule has 0 heterocycles. The van der Waals surface area contributed by atoms with Crippen molar-refractivity contribution in [3.63, 3.8) is 0 Å². The number of halogens is 6. The van der Waals surface area contributed by atoms with Crippen molar-refractivity contribution in [2.75, 3.05) is 6.61 Å². The molecule has 6 nitrogen and oxygen atoms in total. The molecule has 12 heteroatoms. The van der Waals surface area contributed by atoms with E-state index in [1.165, 1.54) is 6.92 Å². The molecule has 0 aliphatic rings. The molecule has 0 saturated heterocycles. The fourth-order valence-electron chi connectivity index (χ4n) is 4.07. The molecule has 6 N–H and O–H groups in total. The van der Waals surface area contributed by atoms with Gasteiger partial charge in [0.05, 0.1) is 12.7 Å². The average Bonchev–Trinajstić information content (AvgIpc) is 2.86.